The van der Waals surface area contributed by atoms with Crippen molar-refractivity contribution in [2.24, 2.45) is 11.3 Å². The Hall–Kier alpha value is -1.86. The highest BCUT2D eigenvalue weighted by molar-refractivity contribution is 5.85. The molecule has 8 heteroatoms. The summed E-state index contributed by atoms with van der Waals surface area (Å²) in [6, 6.07) is 6.29. The SMILES string of the molecule is Cl.O=C(NCCNc1ccc([N+](=O)[O-])cc1)[C@@]12CCCC[C@H]1CNC2. The monoisotopic (exact) mass is 368 g/mol. The maximum Gasteiger partial charge on any atom is 0.269 e. The number of nitro groups is 1. The Morgan fingerprint density at radius 2 is 2.04 bits per heavy atom. The maximum absolute atomic E-state index is 12.7. The predicted octanol–water partition coefficient (Wildman–Crippen LogP) is 2.32. The van der Waals surface area contributed by atoms with E-state index in [-0.39, 0.29) is 29.4 Å². The van der Waals surface area contributed by atoms with Crippen LogP contribution in [-0.4, -0.2) is 37.0 Å². The number of amides is 1. The van der Waals surface area contributed by atoms with Crippen molar-refractivity contribution < 1.29 is 9.72 Å². The van der Waals surface area contributed by atoms with Gasteiger partial charge < -0.3 is 16.0 Å². The molecule has 7 nitrogen and oxygen atoms in total. The third-order valence-electron chi connectivity index (χ3n) is 5.31. The maximum atomic E-state index is 12.7. The van der Waals surface area contributed by atoms with Crippen molar-refractivity contribution in [3.63, 3.8) is 0 Å². The largest absolute Gasteiger partial charge is 0.383 e. The first-order valence-corrected chi connectivity index (χ1v) is 8.59. The molecule has 1 aromatic carbocycles. The highest BCUT2D eigenvalue weighted by atomic mass is 35.5. The summed E-state index contributed by atoms with van der Waals surface area (Å²) in [5, 5.41) is 20.2. The fourth-order valence-corrected chi connectivity index (χ4v) is 3.95. The highest BCUT2D eigenvalue weighted by Crippen LogP contribution is 2.43. The number of hydrogen-bond acceptors (Lipinski definition) is 5. The summed E-state index contributed by atoms with van der Waals surface area (Å²) in [5.41, 5.74) is 0.669. The van der Waals surface area contributed by atoms with Crippen molar-refractivity contribution in [2.45, 2.75) is 25.7 Å². The molecule has 0 unspecified atom stereocenters. The van der Waals surface area contributed by atoms with Crippen LogP contribution in [0.2, 0.25) is 0 Å². The number of nitrogens with one attached hydrogen (secondary N) is 3. The van der Waals surface area contributed by atoms with E-state index in [0.29, 0.717) is 19.0 Å². The van der Waals surface area contributed by atoms with Crippen LogP contribution in [-0.2, 0) is 4.79 Å². The summed E-state index contributed by atoms with van der Waals surface area (Å²) in [5.74, 6) is 0.636. The van der Waals surface area contributed by atoms with Gasteiger partial charge in [-0.25, -0.2) is 0 Å². The molecule has 138 valence electrons. The van der Waals surface area contributed by atoms with E-state index in [2.05, 4.69) is 16.0 Å². The zero-order chi connectivity index (χ0) is 17.0. The summed E-state index contributed by atoms with van der Waals surface area (Å²) >= 11 is 0. The molecule has 1 aliphatic heterocycles. The summed E-state index contributed by atoms with van der Waals surface area (Å²) in [4.78, 5) is 22.9. The summed E-state index contributed by atoms with van der Waals surface area (Å²) in [6.07, 6.45) is 4.48. The van der Waals surface area contributed by atoms with Crippen LogP contribution in [0.5, 0.6) is 0 Å². The number of halogens is 1. The van der Waals surface area contributed by atoms with Crippen LogP contribution >= 0.6 is 12.4 Å². The molecule has 0 bridgehead atoms. The second-order valence-electron chi connectivity index (χ2n) is 6.72. The molecular weight excluding hydrogens is 344 g/mol. The fraction of sp³-hybridized carbons (Fsp3) is 0.588. The van der Waals surface area contributed by atoms with Crippen LogP contribution < -0.4 is 16.0 Å². The lowest BCUT2D eigenvalue weighted by atomic mass is 9.67. The van der Waals surface area contributed by atoms with Crippen LogP contribution in [0.4, 0.5) is 11.4 Å². The average Bonchev–Trinajstić information content (AvgIpc) is 3.04. The van der Waals surface area contributed by atoms with Gasteiger partial charge in [0.2, 0.25) is 5.91 Å². The molecule has 0 radical (unpaired) electrons. The Kier molecular flexibility index (Phi) is 6.61. The predicted molar refractivity (Wildman–Crippen MR) is 99.1 cm³/mol. The van der Waals surface area contributed by atoms with Crippen molar-refractivity contribution in [3.05, 3.63) is 34.4 Å². The number of carbonyl (C=O) groups is 1. The van der Waals surface area contributed by atoms with Gasteiger partial charge in [0.25, 0.3) is 5.69 Å². The van der Waals surface area contributed by atoms with Gasteiger partial charge >= 0.3 is 0 Å². The summed E-state index contributed by atoms with van der Waals surface area (Å²) in [7, 11) is 0. The molecule has 0 aromatic heterocycles. The second-order valence-corrected chi connectivity index (χ2v) is 6.72. The van der Waals surface area contributed by atoms with Crippen molar-refractivity contribution in [1.29, 1.82) is 0 Å². The molecule has 1 saturated carbocycles. The van der Waals surface area contributed by atoms with E-state index in [1.165, 1.54) is 18.6 Å². The van der Waals surface area contributed by atoms with E-state index < -0.39 is 4.92 Å². The molecule has 1 aliphatic carbocycles. The zero-order valence-electron chi connectivity index (χ0n) is 14.1. The van der Waals surface area contributed by atoms with Crippen molar-refractivity contribution in [3.8, 4) is 0 Å². The minimum Gasteiger partial charge on any atom is -0.383 e. The molecule has 25 heavy (non-hydrogen) atoms. The summed E-state index contributed by atoms with van der Waals surface area (Å²) < 4.78 is 0. The van der Waals surface area contributed by atoms with Crippen molar-refractivity contribution in [2.75, 3.05) is 31.5 Å². The van der Waals surface area contributed by atoms with Gasteiger partial charge in [-0.05, 0) is 37.4 Å². The van der Waals surface area contributed by atoms with E-state index >= 15 is 0 Å². The van der Waals surface area contributed by atoms with Gasteiger partial charge in [0.1, 0.15) is 0 Å². The molecular formula is C17H25ClN4O3. The number of nitro benzene ring substituents is 1. The average molecular weight is 369 g/mol. The fourth-order valence-electron chi connectivity index (χ4n) is 3.95. The van der Waals surface area contributed by atoms with Crippen LogP contribution in [0.1, 0.15) is 25.7 Å². The molecule has 0 spiro atoms. The number of nitrogens with zero attached hydrogens (tertiary/aromatic N) is 1. The van der Waals surface area contributed by atoms with Gasteiger partial charge in [0.15, 0.2) is 0 Å². The number of rotatable bonds is 6. The topological polar surface area (TPSA) is 96.3 Å². The molecule has 1 saturated heterocycles. The van der Waals surface area contributed by atoms with E-state index in [1.807, 2.05) is 0 Å². The summed E-state index contributed by atoms with van der Waals surface area (Å²) in [6.45, 7) is 2.88. The standard InChI is InChI=1S/C17H24N4O3.ClH/c22-16(17-8-2-1-3-13(17)11-18-12-17)20-10-9-19-14-4-6-15(7-5-14)21(23)24;/h4-7,13,18-19H,1-3,8-12H2,(H,20,22);1H/t13-,17+;/m0./s1. The van der Waals surface area contributed by atoms with Crippen molar-refractivity contribution >= 4 is 29.7 Å². The number of non-ortho nitro benzene ring substituents is 1. The van der Waals surface area contributed by atoms with Gasteiger partial charge in [-0.1, -0.05) is 12.8 Å². The Balaban J connectivity index is 0.00000225. The lowest BCUT2D eigenvalue weighted by Gasteiger charge is -2.37. The molecule has 2 aliphatic rings. The highest BCUT2D eigenvalue weighted by Gasteiger charge is 2.49. The van der Waals surface area contributed by atoms with Gasteiger partial charge in [-0.2, -0.15) is 0 Å². The normalized spacial score (nSPS) is 24.7. The minimum absolute atomic E-state index is 0. The Labute approximate surface area is 153 Å². The number of hydrogen-bond donors (Lipinski definition) is 3. The number of fused-ring (bicyclic) bond motifs is 1. The van der Waals surface area contributed by atoms with Crippen LogP contribution in [0.15, 0.2) is 24.3 Å². The minimum atomic E-state index is -0.417. The van der Waals surface area contributed by atoms with Crippen molar-refractivity contribution in [1.82, 2.24) is 10.6 Å². The zero-order valence-corrected chi connectivity index (χ0v) is 14.9. The third-order valence-corrected chi connectivity index (χ3v) is 5.31. The molecule has 1 heterocycles. The van der Waals surface area contributed by atoms with E-state index in [1.54, 1.807) is 12.1 Å². The smallest absolute Gasteiger partial charge is 0.269 e. The van der Waals surface area contributed by atoms with E-state index in [4.69, 9.17) is 0 Å². The number of benzene rings is 1. The third kappa shape index (κ3) is 4.22. The molecule has 2 fully saturated rings. The van der Waals surface area contributed by atoms with Gasteiger partial charge in [-0.15, -0.1) is 12.4 Å². The lowest BCUT2D eigenvalue weighted by molar-refractivity contribution is -0.384. The first kappa shape index (κ1) is 19.5. The first-order valence-electron chi connectivity index (χ1n) is 8.59. The Bertz CT molecular complexity index is 610. The van der Waals surface area contributed by atoms with E-state index in [9.17, 15) is 14.9 Å². The molecule has 3 N–H and O–H groups in total. The number of carbonyl (C=O) groups excluding carboxylic acids is 1. The molecule has 1 aromatic rings. The van der Waals surface area contributed by atoms with E-state index in [0.717, 1.165) is 38.0 Å². The van der Waals surface area contributed by atoms with Crippen LogP contribution in [0.25, 0.3) is 0 Å². The molecule has 1 amide bonds. The molecule has 3 rings (SSSR count). The Morgan fingerprint density at radius 3 is 2.76 bits per heavy atom. The molecule has 2 atom stereocenters. The van der Waals surface area contributed by atoms with Crippen LogP contribution in [0.3, 0.4) is 0 Å². The van der Waals surface area contributed by atoms with Gasteiger partial charge in [-0.3, -0.25) is 14.9 Å². The lowest BCUT2D eigenvalue weighted by Crippen LogP contribution is -2.48. The van der Waals surface area contributed by atoms with Gasteiger partial charge in [0.05, 0.1) is 10.3 Å². The van der Waals surface area contributed by atoms with Crippen LogP contribution in [0, 0.1) is 21.4 Å². The Morgan fingerprint density at radius 1 is 1.28 bits per heavy atom. The first-order chi connectivity index (χ1) is 11.6. The second kappa shape index (κ2) is 8.49. The van der Waals surface area contributed by atoms with Gasteiger partial charge in [0, 0.05) is 37.5 Å². The number of anilines is 1. The quantitative estimate of drug-likeness (QED) is 0.407.